The minimum absolute atomic E-state index is 0.0657. The van der Waals surface area contributed by atoms with Crippen LogP contribution in [-0.4, -0.2) is 56.0 Å². The number of para-hydroxylation sites is 1. The lowest BCUT2D eigenvalue weighted by molar-refractivity contribution is -0.102. The molecule has 11 heteroatoms. The normalized spacial score (nSPS) is 12.9. The van der Waals surface area contributed by atoms with Gasteiger partial charge in [-0.05, 0) is 37.3 Å². The summed E-state index contributed by atoms with van der Waals surface area (Å²) in [6, 6.07) is 15.3. The van der Waals surface area contributed by atoms with Crippen LogP contribution in [-0.2, 0) is 9.53 Å². The van der Waals surface area contributed by atoms with E-state index < -0.39 is 11.9 Å². The van der Waals surface area contributed by atoms with Gasteiger partial charge in [0.2, 0.25) is 0 Å². The fourth-order valence-corrected chi connectivity index (χ4v) is 5.01. The highest BCUT2D eigenvalue weighted by molar-refractivity contribution is 7.18. The third-order valence-corrected chi connectivity index (χ3v) is 6.54. The predicted molar refractivity (Wildman–Crippen MR) is 138 cm³/mol. The van der Waals surface area contributed by atoms with E-state index >= 15 is 0 Å². The van der Waals surface area contributed by atoms with Gasteiger partial charge in [-0.3, -0.25) is 4.79 Å². The molecule has 10 nitrogen and oxygen atoms in total. The van der Waals surface area contributed by atoms with E-state index in [4.69, 9.17) is 15.2 Å². The number of nitrogens with two attached hydrogens (primary N) is 1. The minimum Gasteiger partial charge on any atom is -0.490 e. The quantitative estimate of drug-likeness (QED) is 0.199. The molecule has 0 fully saturated rings. The summed E-state index contributed by atoms with van der Waals surface area (Å²) in [4.78, 5) is 43.7. The van der Waals surface area contributed by atoms with E-state index in [1.54, 1.807) is 31.0 Å². The molecule has 0 saturated heterocycles. The number of rotatable bonds is 8. The molecule has 2 aromatic carbocycles. The van der Waals surface area contributed by atoms with Gasteiger partial charge in [-0.2, -0.15) is 0 Å². The molecule has 1 aliphatic rings. The molecular weight excluding hydrogens is 484 g/mol. The van der Waals surface area contributed by atoms with Crippen LogP contribution < -0.4 is 20.3 Å². The van der Waals surface area contributed by atoms with E-state index in [9.17, 15) is 19.5 Å². The molecule has 2 heterocycles. The van der Waals surface area contributed by atoms with Crippen molar-refractivity contribution in [2.45, 2.75) is 6.92 Å². The van der Waals surface area contributed by atoms with E-state index in [1.807, 2.05) is 36.4 Å². The van der Waals surface area contributed by atoms with Gasteiger partial charge in [-0.1, -0.05) is 18.2 Å². The highest BCUT2D eigenvalue weighted by Crippen LogP contribution is 2.47. The zero-order chi connectivity index (χ0) is 25.8. The van der Waals surface area contributed by atoms with Crippen molar-refractivity contribution in [3.63, 3.8) is 0 Å². The second-order valence-corrected chi connectivity index (χ2v) is 8.69. The second kappa shape index (κ2) is 10.5. The van der Waals surface area contributed by atoms with Crippen molar-refractivity contribution in [2.24, 2.45) is 10.7 Å². The van der Waals surface area contributed by atoms with Crippen molar-refractivity contribution >= 4 is 63.1 Å². The lowest BCUT2D eigenvalue weighted by Gasteiger charge is -2.32. The molecule has 3 aromatic rings. The summed E-state index contributed by atoms with van der Waals surface area (Å²) in [6.07, 6.45) is 0.349. The maximum absolute atomic E-state index is 12.6. The van der Waals surface area contributed by atoms with E-state index in [2.05, 4.69) is 9.89 Å². The highest BCUT2D eigenvalue weighted by atomic mass is 32.1. The molecule has 0 saturated carbocycles. The summed E-state index contributed by atoms with van der Waals surface area (Å²) in [5.41, 5.74) is 7.86. The summed E-state index contributed by atoms with van der Waals surface area (Å²) in [7, 11) is 1.65. The van der Waals surface area contributed by atoms with Gasteiger partial charge in [0.25, 0.3) is 0 Å². The first kappa shape index (κ1) is 24.7. The van der Waals surface area contributed by atoms with Gasteiger partial charge < -0.3 is 30.1 Å². The predicted octanol–water partition coefficient (Wildman–Crippen LogP) is 4.11. The zero-order valence-corrected chi connectivity index (χ0v) is 20.4. The number of hydrogen-bond donors (Lipinski definition) is 2. The van der Waals surface area contributed by atoms with Gasteiger partial charge in [-0.25, -0.2) is 14.6 Å². The molecule has 0 spiro atoms. The first-order valence-corrected chi connectivity index (χ1v) is 11.9. The summed E-state index contributed by atoms with van der Waals surface area (Å²) in [5, 5.41) is 10.1. The number of carboxylic acids is 1. The molecule has 0 bridgehead atoms. The number of carbonyl (C=O) groups excluding carboxylic acids is 2. The molecule has 36 heavy (non-hydrogen) atoms. The standard InChI is InChI=1S/C25H24N4O6S/c1-3-34-25(33)22-20(24(31)32)21(23(36-22)27-19(26)14-30)28(2)16-9-10-18-17(13-16)29(11-12-35-18)15-7-5-4-6-8-15/h4-10,13-14H,3,11-12H2,1-2H3,(H2,26,27)(H,31,32). The van der Waals surface area contributed by atoms with E-state index in [0.29, 0.717) is 30.9 Å². The van der Waals surface area contributed by atoms with E-state index in [-0.39, 0.29) is 33.6 Å². The Morgan fingerprint density at radius 1 is 1.28 bits per heavy atom. The lowest BCUT2D eigenvalue weighted by atomic mass is 10.1. The molecule has 186 valence electrons. The number of carboxylic acid groups (broad SMARTS) is 1. The average molecular weight is 509 g/mol. The fraction of sp³-hybridized carbons (Fsp3) is 0.200. The van der Waals surface area contributed by atoms with Crippen LogP contribution in [0.15, 0.2) is 53.5 Å². The van der Waals surface area contributed by atoms with E-state index in [0.717, 1.165) is 22.7 Å². The Balaban J connectivity index is 1.86. The van der Waals surface area contributed by atoms with Crippen LogP contribution in [0.2, 0.25) is 0 Å². The lowest BCUT2D eigenvalue weighted by Crippen LogP contribution is -2.28. The van der Waals surface area contributed by atoms with Crippen LogP contribution in [0, 0.1) is 0 Å². The summed E-state index contributed by atoms with van der Waals surface area (Å²) in [6.45, 7) is 2.82. The number of benzene rings is 2. The molecule has 0 radical (unpaired) electrons. The number of aliphatic imine (C=N–C) groups is 1. The topological polar surface area (TPSA) is 135 Å². The molecule has 4 rings (SSSR count). The van der Waals surface area contributed by atoms with Crippen LogP contribution in [0.1, 0.15) is 27.0 Å². The maximum Gasteiger partial charge on any atom is 0.349 e. The molecule has 0 amide bonds. The van der Waals surface area contributed by atoms with Crippen molar-refractivity contribution in [1.29, 1.82) is 0 Å². The Labute approximate surface area is 211 Å². The first-order valence-electron chi connectivity index (χ1n) is 11.0. The maximum atomic E-state index is 12.6. The number of anilines is 4. The monoisotopic (exact) mass is 508 g/mol. The van der Waals surface area contributed by atoms with Gasteiger partial charge in [0, 0.05) is 18.4 Å². The van der Waals surface area contributed by atoms with Crippen molar-refractivity contribution in [3.05, 3.63) is 59.0 Å². The fourth-order valence-electron chi connectivity index (χ4n) is 3.90. The van der Waals surface area contributed by atoms with Crippen LogP contribution in [0.5, 0.6) is 5.75 Å². The zero-order valence-electron chi connectivity index (χ0n) is 19.6. The number of ether oxygens (including phenoxy) is 2. The molecular formula is C25H24N4O6S. The van der Waals surface area contributed by atoms with Gasteiger partial charge >= 0.3 is 11.9 Å². The number of esters is 1. The third kappa shape index (κ3) is 4.73. The van der Waals surface area contributed by atoms with Crippen LogP contribution in [0.4, 0.5) is 27.8 Å². The minimum atomic E-state index is -1.34. The number of carbonyl (C=O) groups is 3. The average Bonchev–Trinajstić information content (AvgIpc) is 3.27. The SMILES string of the molecule is CCOC(=O)c1sc(/N=C(/N)C=O)c(N(C)c2ccc3c(c2)N(c2ccccc2)CCO3)c1C(=O)O. The Kier molecular flexibility index (Phi) is 7.20. The Hall–Kier alpha value is -4.38. The van der Waals surface area contributed by atoms with Gasteiger partial charge in [-0.15, -0.1) is 11.3 Å². The molecule has 1 aliphatic heterocycles. The first-order chi connectivity index (χ1) is 17.3. The number of aldehydes is 1. The van der Waals surface area contributed by atoms with Crippen molar-refractivity contribution < 1.29 is 29.0 Å². The Bertz CT molecular complexity index is 1340. The summed E-state index contributed by atoms with van der Waals surface area (Å²) >= 11 is 0.797. The number of aromatic carboxylic acids is 1. The highest BCUT2D eigenvalue weighted by Gasteiger charge is 2.32. The van der Waals surface area contributed by atoms with Crippen LogP contribution >= 0.6 is 11.3 Å². The number of fused-ring (bicyclic) bond motifs is 1. The number of amidine groups is 1. The van der Waals surface area contributed by atoms with Crippen LogP contribution in [0.25, 0.3) is 0 Å². The van der Waals surface area contributed by atoms with Crippen molar-refractivity contribution in [3.8, 4) is 5.75 Å². The molecule has 0 unspecified atom stereocenters. The largest absolute Gasteiger partial charge is 0.490 e. The molecule has 0 aliphatic carbocycles. The summed E-state index contributed by atoms with van der Waals surface area (Å²) < 4.78 is 10.9. The molecule has 0 atom stereocenters. The summed E-state index contributed by atoms with van der Waals surface area (Å²) in [5.74, 6) is -1.81. The smallest absolute Gasteiger partial charge is 0.349 e. The molecule has 1 aromatic heterocycles. The van der Waals surface area contributed by atoms with Crippen LogP contribution in [0.3, 0.4) is 0 Å². The number of thiophene rings is 1. The molecule has 3 N–H and O–H groups in total. The number of nitrogens with zero attached hydrogens (tertiary/aromatic N) is 3. The van der Waals surface area contributed by atoms with Gasteiger partial charge in [0.1, 0.15) is 27.8 Å². The third-order valence-electron chi connectivity index (χ3n) is 5.49. The van der Waals surface area contributed by atoms with Gasteiger partial charge in [0.15, 0.2) is 12.1 Å². The Morgan fingerprint density at radius 3 is 2.69 bits per heavy atom. The van der Waals surface area contributed by atoms with Crippen molar-refractivity contribution in [2.75, 3.05) is 36.6 Å². The van der Waals surface area contributed by atoms with Gasteiger partial charge in [0.05, 0.1) is 24.5 Å². The van der Waals surface area contributed by atoms with E-state index in [1.165, 1.54) is 0 Å². The van der Waals surface area contributed by atoms with Crippen molar-refractivity contribution in [1.82, 2.24) is 0 Å². The Morgan fingerprint density at radius 2 is 2.03 bits per heavy atom. The number of hydrogen-bond acceptors (Lipinski definition) is 9. The second-order valence-electron chi connectivity index (χ2n) is 7.69.